The van der Waals surface area contributed by atoms with Crippen LogP contribution in [0.2, 0.25) is 0 Å². The summed E-state index contributed by atoms with van der Waals surface area (Å²) in [4.78, 5) is 13.0. The fourth-order valence-electron chi connectivity index (χ4n) is 1.94. The van der Waals surface area contributed by atoms with Gasteiger partial charge in [0.1, 0.15) is 6.04 Å². The normalized spacial score (nSPS) is 25.1. The summed E-state index contributed by atoms with van der Waals surface area (Å²) >= 11 is 0. The smallest absolute Gasteiger partial charge is 0.320 e. The van der Waals surface area contributed by atoms with Crippen molar-refractivity contribution in [2.75, 3.05) is 19.6 Å². The second-order valence-electron chi connectivity index (χ2n) is 3.89. The molecule has 4 nitrogen and oxygen atoms in total. The minimum atomic E-state index is -0.772. The molecule has 0 aliphatic carbocycles. The Morgan fingerprint density at radius 1 is 1.71 bits per heavy atom. The largest absolute Gasteiger partial charge is 0.480 e. The highest BCUT2D eigenvalue weighted by atomic mass is 16.4. The average Bonchev–Trinajstić information content (AvgIpc) is 2.60. The summed E-state index contributed by atoms with van der Waals surface area (Å²) in [6.45, 7) is 6.85. The molecule has 0 aromatic heterocycles. The predicted molar refractivity (Wildman–Crippen MR) is 55.4 cm³/mol. The summed E-state index contributed by atoms with van der Waals surface area (Å²) in [6.07, 6.45) is 2.43. The minimum Gasteiger partial charge on any atom is -0.480 e. The number of likely N-dealkylation sites (N-methyl/N-ethyl adjacent to an activating group) is 1. The van der Waals surface area contributed by atoms with Crippen LogP contribution in [-0.2, 0) is 4.79 Å². The molecule has 0 spiro atoms. The second-order valence-corrected chi connectivity index (χ2v) is 3.89. The Labute approximate surface area is 85.3 Å². The number of nitrogens with one attached hydrogen (secondary N) is 1. The lowest BCUT2D eigenvalue weighted by atomic mass is 10.2. The van der Waals surface area contributed by atoms with Crippen molar-refractivity contribution in [2.24, 2.45) is 0 Å². The van der Waals surface area contributed by atoms with E-state index in [4.69, 9.17) is 5.11 Å². The van der Waals surface area contributed by atoms with E-state index in [0.717, 1.165) is 19.6 Å². The van der Waals surface area contributed by atoms with Crippen LogP contribution in [0.4, 0.5) is 0 Å². The Kier molecular flexibility index (Phi) is 4.35. The quantitative estimate of drug-likeness (QED) is 0.680. The van der Waals surface area contributed by atoms with Crippen LogP contribution in [0, 0.1) is 0 Å². The van der Waals surface area contributed by atoms with Gasteiger partial charge in [-0.15, -0.1) is 0 Å². The lowest BCUT2D eigenvalue weighted by Crippen LogP contribution is -2.43. The number of carbonyl (C=O) groups is 1. The van der Waals surface area contributed by atoms with E-state index in [1.54, 1.807) is 6.92 Å². The van der Waals surface area contributed by atoms with E-state index in [0.29, 0.717) is 6.04 Å². The number of rotatable bonds is 5. The molecule has 14 heavy (non-hydrogen) atoms. The third kappa shape index (κ3) is 2.96. The van der Waals surface area contributed by atoms with Crippen LogP contribution in [-0.4, -0.2) is 47.7 Å². The van der Waals surface area contributed by atoms with Crippen LogP contribution in [0.5, 0.6) is 0 Å². The van der Waals surface area contributed by atoms with Gasteiger partial charge in [-0.1, -0.05) is 6.92 Å². The Hall–Kier alpha value is -0.610. The van der Waals surface area contributed by atoms with E-state index in [9.17, 15) is 4.79 Å². The van der Waals surface area contributed by atoms with Gasteiger partial charge in [0, 0.05) is 12.6 Å². The monoisotopic (exact) mass is 200 g/mol. The summed E-state index contributed by atoms with van der Waals surface area (Å²) in [7, 11) is 0. The van der Waals surface area contributed by atoms with E-state index in [1.807, 2.05) is 0 Å². The SMILES string of the molecule is CCN1CCCC1CNC(C)C(=O)O. The number of carboxylic acids is 1. The number of likely N-dealkylation sites (tertiary alicyclic amines) is 1. The highest BCUT2D eigenvalue weighted by Crippen LogP contribution is 2.15. The molecule has 2 unspecified atom stereocenters. The van der Waals surface area contributed by atoms with Crippen molar-refractivity contribution in [3.05, 3.63) is 0 Å². The summed E-state index contributed by atoms with van der Waals surface area (Å²) in [6, 6.07) is 0.0936. The summed E-state index contributed by atoms with van der Waals surface area (Å²) in [5.41, 5.74) is 0. The van der Waals surface area contributed by atoms with Crippen LogP contribution < -0.4 is 5.32 Å². The van der Waals surface area contributed by atoms with Crippen molar-refractivity contribution in [2.45, 2.75) is 38.8 Å². The maximum atomic E-state index is 10.6. The number of hydrogen-bond donors (Lipinski definition) is 2. The van der Waals surface area contributed by atoms with Crippen LogP contribution in [0.25, 0.3) is 0 Å². The molecule has 2 atom stereocenters. The van der Waals surface area contributed by atoms with Gasteiger partial charge in [-0.05, 0) is 32.9 Å². The molecule has 1 heterocycles. The maximum Gasteiger partial charge on any atom is 0.320 e. The van der Waals surface area contributed by atoms with Gasteiger partial charge < -0.3 is 10.4 Å². The second kappa shape index (κ2) is 5.32. The molecule has 1 saturated heterocycles. The first-order valence-electron chi connectivity index (χ1n) is 5.35. The zero-order chi connectivity index (χ0) is 10.6. The van der Waals surface area contributed by atoms with Gasteiger partial charge in [0.25, 0.3) is 0 Å². The molecular formula is C10H20N2O2. The lowest BCUT2D eigenvalue weighted by molar-refractivity contribution is -0.139. The van der Waals surface area contributed by atoms with Crippen molar-refractivity contribution in [1.29, 1.82) is 0 Å². The van der Waals surface area contributed by atoms with Crippen molar-refractivity contribution < 1.29 is 9.90 Å². The first-order chi connectivity index (χ1) is 6.65. The van der Waals surface area contributed by atoms with Crippen molar-refractivity contribution in [3.8, 4) is 0 Å². The maximum absolute atomic E-state index is 10.6. The Balaban J connectivity index is 2.26. The first kappa shape index (κ1) is 11.5. The molecule has 2 N–H and O–H groups in total. The molecule has 4 heteroatoms. The highest BCUT2D eigenvalue weighted by molar-refractivity contribution is 5.72. The van der Waals surface area contributed by atoms with Crippen molar-refractivity contribution in [3.63, 3.8) is 0 Å². The predicted octanol–water partition coefficient (Wildman–Crippen LogP) is 0.533. The molecule has 0 radical (unpaired) electrons. The third-order valence-electron chi connectivity index (χ3n) is 2.94. The minimum absolute atomic E-state index is 0.436. The Morgan fingerprint density at radius 3 is 3.00 bits per heavy atom. The van der Waals surface area contributed by atoms with Gasteiger partial charge in [0.2, 0.25) is 0 Å². The molecule has 1 rings (SSSR count). The van der Waals surface area contributed by atoms with E-state index < -0.39 is 12.0 Å². The molecule has 82 valence electrons. The molecule has 1 aliphatic heterocycles. The van der Waals surface area contributed by atoms with Gasteiger partial charge in [-0.25, -0.2) is 0 Å². The highest BCUT2D eigenvalue weighted by Gasteiger charge is 2.23. The number of carboxylic acid groups (broad SMARTS) is 1. The van der Waals surface area contributed by atoms with E-state index >= 15 is 0 Å². The molecule has 0 aromatic rings. The van der Waals surface area contributed by atoms with Gasteiger partial charge in [0.15, 0.2) is 0 Å². The molecule has 1 fully saturated rings. The lowest BCUT2D eigenvalue weighted by Gasteiger charge is -2.23. The van der Waals surface area contributed by atoms with Crippen molar-refractivity contribution >= 4 is 5.97 Å². The van der Waals surface area contributed by atoms with E-state index in [1.165, 1.54) is 12.8 Å². The van der Waals surface area contributed by atoms with E-state index in [2.05, 4.69) is 17.1 Å². The van der Waals surface area contributed by atoms with Crippen LogP contribution in [0.15, 0.2) is 0 Å². The zero-order valence-electron chi connectivity index (χ0n) is 8.99. The molecule has 0 amide bonds. The Bertz CT molecular complexity index is 197. The number of nitrogens with zero attached hydrogens (tertiary/aromatic N) is 1. The number of hydrogen-bond acceptors (Lipinski definition) is 3. The van der Waals surface area contributed by atoms with Gasteiger partial charge in [-0.2, -0.15) is 0 Å². The Morgan fingerprint density at radius 2 is 2.43 bits per heavy atom. The van der Waals surface area contributed by atoms with Crippen LogP contribution in [0.3, 0.4) is 0 Å². The summed E-state index contributed by atoms with van der Waals surface area (Å²) in [5, 5.41) is 11.7. The average molecular weight is 200 g/mol. The van der Waals surface area contributed by atoms with Crippen LogP contribution in [0.1, 0.15) is 26.7 Å². The molecule has 0 saturated carbocycles. The fourth-order valence-corrected chi connectivity index (χ4v) is 1.94. The third-order valence-corrected chi connectivity index (χ3v) is 2.94. The van der Waals surface area contributed by atoms with E-state index in [-0.39, 0.29) is 0 Å². The first-order valence-corrected chi connectivity index (χ1v) is 5.35. The summed E-state index contributed by atoms with van der Waals surface area (Å²) < 4.78 is 0. The molecule has 1 aliphatic rings. The topological polar surface area (TPSA) is 52.6 Å². The molecular weight excluding hydrogens is 180 g/mol. The van der Waals surface area contributed by atoms with Crippen LogP contribution >= 0.6 is 0 Å². The fraction of sp³-hybridized carbons (Fsp3) is 0.900. The number of aliphatic carboxylic acids is 1. The van der Waals surface area contributed by atoms with Crippen molar-refractivity contribution in [1.82, 2.24) is 10.2 Å². The van der Waals surface area contributed by atoms with Gasteiger partial charge in [0.05, 0.1) is 0 Å². The molecule has 0 aromatic carbocycles. The van der Waals surface area contributed by atoms with Gasteiger partial charge >= 0.3 is 5.97 Å². The standard InChI is InChI=1S/C10H20N2O2/c1-3-12-6-4-5-9(12)7-11-8(2)10(13)14/h8-9,11H,3-7H2,1-2H3,(H,13,14). The summed E-state index contributed by atoms with van der Waals surface area (Å²) in [5.74, 6) is -0.772. The zero-order valence-corrected chi connectivity index (χ0v) is 8.99. The molecule has 0 bridgehead atoms. The van der Waals surface area contributed by atoms with Gasteiger partial charge in [-0.3, -0.25) is 9.69 Å².